The number of likely N-dealkylation sites (tertiary alicyclic amines) is 1. The fourth-order valence-electron chi connectivity index (χ4n) is 5.07. The number of likely N-dealkylation sites (N-methyl/N-ethyl adjacent to an activating group) is 1. The monoisotopic (exact) mass is 384 g/mol. The zero-order chi connectivity index (χ0) is 19.6. The van der Waals surface area contributed by atoms with Crippen molar-refractivity contribution >= 4 is 11.8 Å². The fourth-order valence-corrected chi connectivity index (χ4v) is 5.07. The number of benzene rings is 1. The molecular weight excluding hydrogens is 352 g/mol. The Morgan fingerprint density at radius 1 is 1.18 bits per heavy atom. The van der Waals surface area contributed by atoms with Crippen molar-refractivity contribution in [2.75, 3.05) is 52.9 Å². The van der Waals surface area contributed by atoms with Crippen LogP contribution in [0.1, 0.15) is 37.2 Å². The van der Waals surface area contributed by atoms with Gasteiger partial charge in [-0.1, -0.05) is 30.3 Å². The van der Waals surface area contributed by atoms with Gasteiger partial charge in [0, 0.05) is 44.1 Å². The van der Waals surface area contributed by atoms with Gasteiger partial charge >= 0.3 is 0 Å². The van der Waals surface area contributed by atoms with Gasteiger partial charge in [-0.2, -0.15) is 0 Å². The van der Waals surface area contributed by atoms with Gasteiger partial charge in [-0.05, 0) is 45.0 Å². The number of rotatable bonds is 3. The Balaban J connectivity index is 1.41. The van der Waals surface area contributed by atoms with Crippen LogP contribution in [0.2, 0.25) is 0 Å². The van der Waals surface area contributed by atoms with Crippen LogP contribution in [0.25, 0.3) is 0 Å². The van der Waals surface area contributed by atoms with E-state index in [0.29, 0.717) is 13.0 Å². The average molecular weight is 385 g/mol. The van der Waals surface area contributed by atoms with E-state index in [2.05, 4.69) is 29.4 Å². The molecule has 1 spiro atoms. The summed E-state index contributed by atoms with van der Waals surface area (Å²) in [6.07, 6.45) is 3.66. The molecule has 0 bridgehead atoms. The highest BCUT2D eigenvalue weighted by Crippen LogP contribution is 2.30. The highest BCUT2D eigenvalue weighted by molar-refractivity contribution is 5.86. The molecule has 1 aromatic rings. The molecule has 3 fully saturated rings. The molecule has 6 nitrogen and oxygen atoms in total. The largest absolute Gasteiger partial charge is 0.339 e. The summed E-state index contributed by atoms with van der Waals surface area (Å²) in [4.78, 5) is 31.9. The van der Waals surface area contributed by atoms with Crippen molar-refractivity contribution in [1.29, 1.82) is 0 Å². The van der Waals surface area contributed by atoms with E-state index < -0.39 is 0 Å². The van der Waals surface area contributed by atoms with Crippen molar-refractivity contribution in [3.05, 3.63) is 35.9 Å². The second kappa shape index (κ2) is 8.21. The third-order valence-electron chi connectivity index (χ3n) is 6.92. The van der Waals surface area contributed by atoms with Gasteiger partial charge in [-0.15, -0.1) is 0 Å². The van der Waals surface area contributed by atoms with Crippen LogP contribution in [0, 0.1) is 0 Å². The third kappa shape index (κ3) is 3.94. The molecule has 3 aliphatic heterocycles. The van der Waals surface area contributed by atoms with Gasteiger partial charge in [0.1, 0.15) is 0 Å². The summed E-state index contributed by atoms with van der Waals surface area (Å²) in [7, 11) is 2.20. The molecular formula is C22H32N4O2. The maximum Gasteiger partial charge on any atom is 0.242 e. The van der Waals surface area contributed by atoms with Gasteiger partial charge in [0.15, 0.2) is 0 Å². The van der Waals surface area contributed by atoms with E-state index >= 15 is 0 Å². The molecule has 1 atom stereocenters. The lowest BCUT2D eigenvalue weighted by Gasteiger charge is -2.45. The van der Waals surface area contributed by atoms with Crippen LogP contribution in [-0.4, -0.2) is 84.9 Å². The molecule has 0 aliphatic carbocycles. The summed E-state index contributed by atoms with van der Waals surface area (Å²) in [6.45, 7) is 5.50. The number of carbonyl (C=O) groups is 2. The van der Waals surface area contributed by atoms with Crippen molar-refractivity contribution in [3.8, 4) is 0 Å². The van der Waals surface area contributed by atoms with E-state index in [1.165, 1.54) is 5.56 Å². The van der Waals surface area contributed by atoms with Crippen molar-refractivity contribution in [1.82, 2.24) is 20.0 Å². The second-order valence-corrected chi connectivity index (χ2v) is 8.65. The highest BCUT2D eigenvalue weighted by Gasteiger charge is 2.41. The number of carbonyl (C=O) groups excluding carboxylic acids is 2. The van der Waals surface area contributed by atoms with Crippen LogP contribution in [0.5, 0.6) is 0 Å². The number of hydrogen-bond donors (Lipinski definition) is 1. The fraction of sp³-hybridized carbons (Fsp3) is 0.636. The zero-order valence-corrected chi connectivity index (χ0v) is 16.9. The van der Waals surface area contributed by atoms with Gasteiger partial charge in [0.05, 0.1) is 6.54 Å². The molecule has 152 valence electrons. The number of piperidine rings is 1. The summed E-state index contributed by atoms with van der Waals surface area (Å²) in [5.41, 5.74) is 1.27. The van der Waals surface area contributed by atoms with Gasteiger partial charge in [0.25, 0.3) is 0 Å². The Morgan fingerprint density at radius 3 is 2.68 bits per heavy atom. The Morgan fingerprint density at radius 2 is 1.93 bits per heavy atom. The van der Waals surface area contributed by atoms with E-state index in [1.807, 2.05) is 23.1 Å². The minimum Gasteiger partial charge on any atom is -0.339 e. The van der Waals surface area contributed by atoms with Crippen LogP contribution in [0.4, 0.5) is 0 Å². The highest BCUT2D eigenvalue weighted by atomic mass is 16.2. The minimum absolute atomic E-state index is 0.0823. The first-order valence-electron chi connectivity index (χ1n) is 10.6. The van der Waals surface area contributed by atoms with E-state index in [1.54, 1.807) is 4.90 Å². The average Bonchev–Trinajstić information content (AvgIpc) is 3.00. The SMILES string of the molecule is CN1CCCN(C(=O)CN2C[C@@H](c3ccccc3)CC2=O)CC12CCNCC2. The number of nitrogens with zero attached hydrogens (tertiary/aromatic N) is 3. The number of nitrogens with one attached hydrogen (secondary N) is 1. The zero-order valence-electron chi connectivity index (χ0n) is 16.9. The predicted molar refractivity (Wildman–Crippen MR) is 109 cm³/mol. The normalized spacial score (nSPS) is 25.9. The van der Waals surface area contributed by atoms with Gasteiger partial charge in [-0.3, -0.25) is 14.5 Å². The molecule has 0 saturated carbocycles. The van der Waals surface area contributed by atoms with Crippen molar-refractivity contribution < 1.29 is 9.59 Å². The molecule has 4 rings (SSSR count). The molecule has 0 radical (unpaired) electrons. The van der Waals surface area contributed by atoms with Crippen LogP contribution < -0.4 is 5.32 Å². The van der Waals surface area contributed by atoms with Crippen LogP contribution in [0.3, 0.4) is 0 Å². The smallest absolute Gasteiger partial charge is 0.242 e. The van der Waals surface area contributed by atoms with Gasteiger partial charge in [0.2, 0.25) is 11.8 Å². The maximum atomic E-state index is 13.1. The van der Waals surface area contributed by atoms with Crippen molar-refractivity contribution in [2.45, 2.75) is 37.1 Å². The number of hydrogen-bond acceptors (Lipinski definition) is 4. The molecule has 3 heterocycles. The molecule has 3 aliphatic rings. The lowest BCUT2D eigenvalue weighted by atomic mass is 9.86. The van der Waals surface area contributed by atoms with Gasteiger partial charge < -0.3 is 15.1 Å². The first kappa shape index (κ1) is 19.4. The third-order valence-corrected chi connectivity index (χ3v) is 6.92. The molecule has 1 aromatic carbocycles. The van der Waals surface area contributed by atoms with Crippen LogP contribution >= 0.6 is 0 Å². The number of amides is 2. The first-order valence-corrected chi connectivity index (χ1v) is 10.6. The molecule has 1 N–H and O–H groups in total. The van der Waals surface area contributed by atoms with E-state index in [9.17, 15) is 9.59 Å². The van der Waals surface area contributed by atoms with Crippen molar-refractivity contribution in [2.24, 2.45) is 0 Å². The standard InChI is InChI=1S/C22H32N4O2/c1-24-12-5-13-25(17-22(24)8-10-23-11-9-22)21(28)16-26-15-19(14-20(26)27)18-6-3-2-4-7-18/h2-4,6-7,19,23H,5,8-17H2,1H3/t19-/m0/s1. The molecule has 6 heteroatoms. The van der Waals surface area contributed by atoms with Gasteiger partial charge in [-0.25, -0.2) is 0 Å². The molecule has 2 amide bonds. The summed E-state index contributed by atoms with van der Waals surface area (Å²) in [6, 6.07) is 10.2. The lowest BCUT2D eigenvalue weighted by molar-refractivity contribution is -0.139. The Hall–Kier alpha value is -1.92. The Kier molecular flexibility index (Phi) is 5.69. The van der Waals surface area contributed by atoms with Crippen molar-refractivity contribution in [3.63, 3.8) is 0 Å². The van der Waals surface area contributed by atoms with Crippen LogP contribution in [0.15, 0.2) is 30.3 Å². The van der Waals surface area contributed by atoms with E-state index in [-0.39, 0.29) is 29.8 Å². The maximum absolute atomic E-state index is 13.1. The second-order valence-electron chi connectivity index (χ2n) is 8.65. The summed E-state index contributed by atoms with van der Waals surface area (Å²) in [5, 5.41) is 3.44. The Labute approximate surface area is 167 Å². The molecule has 3 saturated heterocycles. The minimum atomic E-state index is 0.0823. The molecule has 0 aromatic heterocycles. The lowest BCUT2D eigenvalue weighted by Crippen LogP contribution is -2.58. The summed E-state index contributed by atoms with van der Waals surface area (Å²) < 4.78 is 0. The first-order chi connectivity index (χ1) is 13.6. The van der Waals surface area contributed by atoms with E-state index in [0.717, 1.165) is 52.0 Å². The summed E-state index contributed by atoms with van der Waals surface area (Å²) in [5.74, 6) is 0.411. The topological polar surface area (TPSA) is 55.9 Å². The van der Waals surface area contributed by atoms with Crippen LogP contribution in [-0.2, 0) is 9.59 Å². The Bertz CT molecular complexity index is 702. The summed E-state index contributed by atoms with van der Waals surface area (Å²) >= 11 is 0. The molecule has 0 unspecified atom stereocenters. The predicted octanol–water partition coefficient (Wildman–Crippen LogP) is 1.29. The van der Waals surface area contributed by atoms with E-state index in [4.69, 9.17) is 0 Å². The quantitative estimate of drug-likeness (QED) is 0.853. The molecule has 28 heavy (non-hydrogen) atoms.